The third-order valence-corrected chi connectivity index (χ3v) is 4.05. The average molecular weight is 236 g/mol. The van der Waals surface area contributed by atoms with Crippen molar-refractivity contribution in [2.75, 3.05) is 13.1 Å². The second-order valence-electron chi connectivity index (χ2n) is 5.09. The number of likely N-dealkylation sites (tertiary alicyclic amines) is 1. The maximum atomic E-state index is 6.35. The van der Waals surface area contributed by atoms with Crippen LogP contribution in [0, 0.1) is 13.8 Å². The summed E-state index contributed by atoms with van der Waals surface area (Å²) in [6.45, 7) is 8.67. The van der Waals surface area contributed by atoms with Crippen molar-refractivity contribution < 1.29 is 0 Å². The molecular weight excluding hydrogens is 212 g/mol. The van der Waals surface area contributed by atoms with E-state index in [2.05, 4.69) is 30.8 Å². The highest BCUT2D eigenvalue weighted by atomic mass is 15.3. The largest absolute Gasteiger partial charge is 0.326 e. The molecule has 2 rings (SSSR count). The van der Waals surface area contributed by atoms with Crippen LogP contribution in [0.5, 0.6) is 0 Å². The Hall–Kier alpha value is -0.870. The maximum Gasteiger partial charge on any atom is 0.0644 e. The van der Waals surface area contributed by atoms with Gasteiger partial charge < -0.3 is 5.73 Å². The molecule has 2 unspecified atom stereocenters. The summed E-state index contributed by atoms with van der Waals surface area (Å²) in [5, 5.41) is 4.52. The Morgan fingerprint density at radius 3 is 2.65 bits per heavy atom. The molecule has 1 fully saturated rings. The van der Waals surface area contributed by atoms with Gasteiger partial charge in [0.15, 0.2) is 0 Å². The fraction of sp³-hybridized carbons (Fsp3) is 0.769. The minimum atomic E-state index is 0.241. The Morgan fingerprint density at radius 2 is 2.12 bits per heavy atom. The van der Waals surface area contributed by atoms with Crippen LogP contribution in [0.4, 0.5) is 0 Å². The molecule has 0 saturated carbocycles. The SMILES string of the molecule is CCN1CCCC(N)C1c1c(C)nn(C)c1C. The van der Waals surface area contributed by atoms with E-state index in [4.69, 9.17) is 5.73 Å². The van der Waals surface area contributed by atoms with Crippen LogP contribution in [-0.4, -0.2) is 33.8 Å². The van der Waals surface area contributed by atoms with E-state index in [-0.39, 0.29) is 6.04 Å². The number of piperidine rings is 1. The lowest BCUT2D eigenvalue weighted by Crippen LogP contribution is -2.46. The predicted octanol–water partition coefficient (Wildman–Crippen LogP) is 1.52. The molecule has 1 aliphatic heterocycles. The van der Waals surface area contributed by atoms with Gasteiger partial charge in [-0.15, -0.1) is 0 Å². The highest BCUT2D eigenvalue weighted by Gasteiger charge is 2.32. The molecule has 2 heterocycles. The second kappa shape index (κ2) is 4.78. The molecule has 2 N–H and O–H groups in total. The van der Waals surface area contributed by atoms with E-state index >= 15 is 0 Å². The standard InChI is InChI=1S/C13H24N4/c1-5-17-8-6-7-11(14)13(17)12-9(2)15-16(4)10(12)3/h11,13H,5-8,14H2,1-4H3. The molecule has 0 aliphatic carbocycles. The molecule has 4 nitrogen and oxygen atoms in total. The molecule has 4 heteroatoms. The van der Waals surface area contributed by atoms with Crippen LogP contribution in [0.3, 0.4) is 0 Å². The van der Waals surface area contributed by atoms with E-state index in [9.17, 15) is 0 Å². The summed E-state index contributed by atoms with van der Waals surface area (Å²) < 4.78 is 1.97. The Balaban J connectivity index is 2.41. The highest BCUT2D eigenvalue weighted by Crippen LogP contribution is 2.33. The zero-order valence-electron chi connectivity index (χ0n) is 11.4. The van der Waals surface area contributed by atoms with Crippen LogP contribution in [0.25, 0.3) is 0 Å². The van der Waals surface area contributed by atoms with Crippen molar-refractivity contribution in [3.05, 3.63) is 17.0 Å². The van der Waals surface area contributed by atoms with Crippen molar-refractivity contribution in [3.8, 4) is 0 Å². The number of nitrogens with zero attached hydrogens (tertiary/aromatic N) is 3. The highest BCUT2D eigenvalue weighted by molar-refractivity contribution is 5.30. The number of rotatable bonds is 2. The van der Waals surface area contributed by atoms with Gasteiger partial charge in [-0.3, -0.25) is 9.58 Å². The van der Waals surface area contributed by atoms with Crippen LogP contribution in [0.15, 0.2) is 0 Å². The first-order valence-electron chi connectivity index (χ1n) is 6.56. The summed E-state index contributed by atoms with van der Waals surface area (Å²) in [6.07, 6.45) is 2.33. The Bertz CT molecular complexity index is 396. The van der Waals surface area contributed by atoms with E-state index in [1.165, 1.54) is 17.7 Å². The van der Waals surface area contributed by atoms with E-state index in [0.29, 0.717) is 6.04 Å². The van der Waals surface area contributed by atoms with Crippen LogP contribution in [0.1, 0.15) is 42.8 Å². The minimum absolute atomic E-state index is 0.241. The number of nitrogens with two attached hydrogens (primary N) is 1. The molecule has 0 spiro atoms. The number of hydrogen-bond donors (Lipinski definition) is 1. The Labute approximate surface area is 104 Å². The van der Waals surface area contributed by atoms with Gasteiger partial charge in [-0.25, -0.2) is 0 Å². The topological polar surface area (TPSA) is 47.1 Å². The third-order valence-electron chi connectivity index (χ3n) is 4.05. The van der Waals surface area contributed by atoms with Crippen molar-refractivity contribution in [1.29, 1.82) is 0 Å². The number of aromatic nitrogens is 2. The van der Waals surface area contributed by atoms with Gasteiger partial charge in [0.05, 0.1) is 11.7 Å². The summed E-state index contributed by atoms with van der Waals surface area (Å²) in [6, 6.07) is 0.591. The molecule has 17 heavy (non-hydrogen) atoms. The van der Waals surface area contributed by atoms with Gasteiger partial charge in [-0.05, 0) is 39.8 Å². The van der Waals surface area contributed by atoms with Crippen molar-refractivity contribution in [2.24, 2.45) is 12.8 Å². The number of aryl methyl sites for hydroxylation is 2. The van der Waals surface area contributed by atoms with Gasteiger partial charge in [0.2, 0.25) is 0 Å². The Kier molecular flexibility index (Phi) is 3.54. The van der Waals surface area contributed by atoms with Crippen molar-refractivity contribution in [1.82, 2.24) is 14.7 Å². The van der Waals surface area contributed by atoms with E-state index in [1.54, 1.807) is 0 Å². The van der Waals surface area contributed by atoms with E-state index in [1.807, 2.05) is 11.7 Å². The lowest BCUT2D eigenvalue weighted by atomic mass is 9.90. The molecule has 1 saturated heterocycles. The lowest BCUT2D eigenvalue weighted by molar-refractivity contribution is 0.135. The van der Waals surface area contributed by atoms with Crippen LogP contribution < -0.4 is 5.73 Å². The molecule has 0 bridgehead atoms. The smallest absolute Gasteiger partial charge is 0.0644 e. The van der Waals surface area contributed by atoms with Crippen LogP contribution in [0.2, 0.25) is 0 Å². The van der Waals surface area contributed by atoms with Crippen LogP contribution in [-0.2, 0) is 7.05 Å². The first-order chi connectivity index (χ1) is 8.06. The molecule has 1 aromatic heterocycles. The van der Waals surface area contributed by atoms with Gasteiger partial charge in [0, 0.05) is 24.3 Å². The van der Waals surface area contributed by atoms with Crippen molar-refractivity contribution in [2.45, 2.75) is 45.7 Å². The molecule has 0 amide bonds. The molecule has 1 aliphatic rings. The summed E-state index contributed by atoms with van der Waals surface area (Å²) in [7, 11) is 2.01. The fourth-order valence-corrected chi connectivity index (χ4v) is 3.07. The van der Waals surface area contributed by atoms with E-state index in [0.717, 1.165) is 25.2 Å². The zero-order chi connectivity index (χ0) is 12.6. The first kappa shape index (κ1) is 12.6. The molecule has 2 atom stereocenters. The predicted molar refractivity (Wildman–Crippen MR) is 69.9 cm³/mol. The molecule has 0 aromatic carbocycles. The summed E-state index contributed by atoms with van der Waals surface area (Å²) in [4.78, 5) is 2.49. The van der Waals surface area contributed by atoms with Gasteiger partial charge in [-0.1, -0.05) is 6.92 Å². The second-order valence-corrected chi connectivity index (χ2v) is 5.09. The molecule has 0 radical (unpaired) electrons. The first-order valence-corrected chi connectivity index (χ1v) is 6.56. The quantitative estimate of drug-likeness (QED) is 0.847. The molecule has 1 aromatic rings. The Morgan fingerprint density at radius 1 is 1.41 bits per heavy atom. The zero-order valence-corrected chi connectivity index (χ0v) is 11.4. The summed E-state index contributed by atoms with van der Waals surface area (Å²) in [5.74, 6) is 0. The van der Waals surface area contributed by atoms with Gasteiger partial charge in [-0.2, -0.15) is 5.10 Å². The monoisotopic (exact) mass is 236 g/mol. The third kappa shape index (κ3) is 2.11. The van der Waals surface area contributed by atoms with Crippen LogP contribution >= 0.6 is 0 Å². The minimum Gasteiger partial charge on any atom is -0.326 e. The lowest BCUT2D eigenvalue weighted by Gasteiger charge is -2.39. The van der Waals surface area contributed by atoms with Gasteiger partial charge in [0.25, 0.3) is 0 Å². The summed E-state index contributed by atoms with van der Waals surface area (Å²) >= 11 is 0. The van der Waals surface area contributed by atoms with Gasteiger partial charge >= 0.3 is 0 Å². The number of likely N-dealkylation sites (N-methyl/N-ethyl adjacent to an activating group) is 1. The van der Waals surface area contributed by atoms with Crippen molar-refractivity contribution >= 4 is 0 Å². The maximum absolute atomic E-state index is 6.35. The molecular formula is C13H24N4. The van der Waals surface area contributed by atoms with Crippen molar-refractivity contribution in [3.63, 3.8) is 0 Å². The number of hydrogen-bond acceptors (Lipinski definition) is 3. The fourth-order valence-electron chi connectivity index (χ4n) is 3.07. The average Bonchev–Trinajstić information content (AvgIpc) is 2.54. The summed E-state index contributed by atoms with van der Waals surface area (Å²) in [5.41, 5.74) is 10.1. The normalized spacial score (nSPS) is 26.4. The van der Waals surface area contributed by atoms with E-state index < -0.39 is 0 Å². The molecule has 96 valence electrons. The van der Waals surface area contributed by atoms with Gasteiger partial charge in [0.1, 0.15) is 0 Å².